The van der Waals surface area contributed by atoms with E-state index in [4.69, 9.17) is 0 Å². The number of azo groups is 1. The summed E-state index contributed by atoms with van der Waals surface area (Å²) in [5.41, 5.74) is 3.66. The third-order valence-electron chi connectivity index (χ3n) is 2.81. The zero-order valence-electron chi connectivity index (χ0n) is 10.6. The molecule has 0 unspecified atom stereocenters. The second-order valence-electron chi connectivity index (χ2n) is 4.19. The molecule has 0 aliphatic heterocycles. The van der Waals surface area contributed by atoms with Gasteiger partial charge in [0.05, 0.1) is 11.4 Å². The summed E-state index contributed by atoms with van der Waals surface area (Å²) < 4.78 is 0. The SMILES string of the molecule is CCc1ccc(N=Nc2ccc(O)c(C)c2)cc1. The van der Waals surface area contributed by atoms with Crippen molar-refractivity contribution in [3.63, 3.8) is 0 Å². The van der Waals surface area contributed by atoms with Crippen LogP contribution in [-0.2, 0) is 6.42 Å². The molecule has 1 N–H and O–H groups in total. The largest absolute Gasteiger partial charge is 0.508 e. The smallest absolute Gasteiger partial charge is 0.118 e. The maximum absolute atomic E-state index is 9.41. The highest BCUT2D eigenvalue weighted by atomic mass is 16.3. The molecule has 0 saturated carbocycles. The highest BCUT2D eigenvalue weighted by molar-refractivity contribution is 5.46. The van der Waals surface area contributed by atoms with E-state index in [9.17, 15) is 5.11 Å². The van der Waals surface area contributed by atoms with Crippen molar-refractivity contribution >= 4 is 11.4 Å². The van der Waals surface area contributed by atoms with E-state index in [0.29, 0.717) is 0 Å². The summed E-state index contributed by atoms with van der Waals surface area (Å²) in [6.07, 6.45) is 1.02. The zero-order chi connectivity index (χ0) is 13.0. The highest BCUT2D eigenvalue weighted by Crippen LogP contribution is 2.24. The van der Waals surface area contributed by atoms with Gasteiger partial charge in [0.25, 0.3) is 0 Å². The minimum atomic E-state index is 0.279. The first kappa shape index (κ1) is 12.3. The van der Waals surface area contributed by atoms with Crippen LogP contribution in [0.2, 0.25) is 0 Å². The Balaban J connectivity index is 2.16. The number of hydrogen-bond acceptors (Lipinski definition) is 3. The van der Waals surface area contributed by atoms with Crippen LogP contribution in [0, 0.1) is 6.92 Å². The first-order valence-electron chi connectivity index (χ1n) is 5.99. The van der Waals surface area contributed by atoms with Gasteiger partial charge >= 0.3 is 0 Å². The van der Waals surface area contributed by atoms with Crippen molar-refractivity contribution in [2.75, 3.05) is 0 Å². The van der Waals surface area contributed by atoms with E-state index in [1.165, 1.54) is 5.56 Å². The molecule has 18 heavy (non-hydrogen) atoms. The molecule has 0 spiro atoms. The summed E-state index contributed by atoms with van der Waals surface area (Å²) in [6.45, 7) is 3.96. The van der Waals surface area contributed by atoms with Gasteiger partial charge in [-0.05, 0) is 54.8 Å². The minimum Gasteiger partial charge on any atom is -0.508 e. The monoisotopic (exact) mass is 240 g/mol. The molecule has 3 heteroatoms. The van der Waals surface area contributed by atoms with Gasteiger partial charge in [0.2, 0.25) is 0 Å². The Kier molecular flexibility index (Phi) is 3.72. The average molecular weight is 240 g/mol. The van der Waals surface area contributed by atoms with Gasteiger partial charge in [-0.15, -0.1) is 0 Å². The predicted molar refractivity (Wildman–Crippen MR) is 72.8 cm³/mol. The number of benzene rings is 2. The predicted octanol–water partition coefficient (Wildman–Crippen LogP) is 4.68. The van der Waals surface area contributed by atoms with Crippen LogP contribution in [0.3, 0.4) is 0 Å². The quantitative estimate of drug-likeness (QED) is 0.778. The van der Waals surface area contributed by atoms with Gasteiger partial charge in [-0.25, -0.2) is 0 Å². The molecule has 2 rings (SSSR count). The van der Waals surface area contributed by atoms with E-state index in [-0.39, 0.29) is 5.75 Å². The molecule has 0 bridgehead atoms. The van der Waals surface area contributed by atoms with E-state index >= 15 is 0 Å². The maximum atomic E-state index is 9.41. The van der Waals surface area contributed by atoms with Crippen LogP contribution in [0.15, 0.2) is 52.7 Å². The Morgan fingerprint density at radius 2 is 1.56 bits per heavy atom. The van der Waals surface area contributed by atoms with Crippen molar-refractivity contribution in [3.8, 4) is 5.75 Å². The Labute approximate surface area is 107 Å². The summed E-state index contributed by atoms with van der Waals surface area (Å²) in [6, 6.07) is 13.2. The fraction of sp³-hybridized carbons (Fsp3) is 0.200. The third kappa shape index (κ3) is 2.94. The van der Waals surface area contributed by atoms with E-state index < -0.39 is 0 Å². The van der Waals surface area contributed by atoms with Crippen LogP contribution in [0.4, 0.5) is 11.4 Å². The van der Waals surface area contributed by atoms with Gasteiger partial charge < -0.3 is 5.11 Å². The molecule has 0 aromatic heterocycles. The number of phenolic OH excluding ortho intramolecular Hbond substituents is 1. The maximum Gasteiger partial charge on any atom is 0.118 e. The van der Waals surface area contributed by atoms with E-state index in [1.807, 2.05) is 19.1 Å². The van der Waals surface area contributed by atoms with Crippen LogP contribution in [0.1, 0.15) is 18.1 Å². The van der Waals surface area contributed by atoms with Crippen LogP contribution >= 0.6 is 0 Å². The number of nitrogens with zero attached hydrogens (tertiary/aromatic N) is 2. The standard InChI is InChI=1S/C15H16N2O/c1-3-12-4-6-13(7-5-12)16-17-14-8-9-15(18)11(2)10-14/h4-10,18H,3H2,1-2H3. The summed E-state index contributed by atoms with van der Waals surface area (Å²) >= 11 is 0. The first-order valence-corrected chi connectivity index (χ1v) is 5.99. The molecular formula is C15H16N2O. The van der Waals surface area contributed by atoms with Crippen LogP contribution in [0.25, 0.3) is 0 Å². The number of aromatic hydroxyl groups is 1. The van der Waals surface area contributed by atoms with Crippen molar-refractivity contribution < 1.29 is 5.11 Å². The van der Waals surface area contributed by atoms with Crippen LogP contribution in [-0.4, -0.2) is 5.11 Å². The second kappa shape index (κ2) is 5.45. The molecule has 0 atom stereocenters. The highest BCUT2D eigenvalue weighted by Gasteiger charge is 1.97. The Bertz CT molecular complexity index is 559. The zero-order valence-corrected chi connectivity index (χ0v) is 10.6. The van der Waals surface area contributed by atoms with Crippen molar-refractivity contribution in [3.05, 3.63) is 53.6 Å². The average Bonchev–Trinajstić information content (AvgIpc) is 2.41. The van der Waals surface area contributed by atoms with E-state index in [0.717, 1.165) is 23.4 Å². The van der Waals surface area contributed by atoms with Crippen molar-refractivity contribution in [2.24, 2.45) is 10.2 Å². The van der Waals surface area contributed by atoms with Gasteiger partial charge in [0.15, 0.2) is 0 Å². The van der Waals surface area contributed by atoms with Crippen molar-refractivity contribution in [1.82, 2.24) is 0 Å². The van der Waals surface area contributed by atoms with Crippen molar-refractivity contribution in [2.45, 2.75) is 20.3 Å². The van der Waals surface area contributed by atoms with Gasteiger partial charge in [0.1, 0.15) is 5.75 Å². The molecule has 0 amide bonds. The first-order chi connectivity index (χ1) is 8.69. The topological polar surface area (TPSA) is 45.0 Å². The molecular weight excluding hydrogens is 224 g/mol. The van der Waals surface area contributed by atoms with Crippen LogP contribution < -0.4 is 0 Å². The number of rotatable bonds is 3. The van der Waals surface area contributed by atoms with Gasteiger partial charge in [0, 0.05) is 0 Å². The Morgan fingerprint density at radius 1 is 0.944 bits per heavy atom. The van der Waals surface area contributed by atoms with Crippen molar-refractivity contribution in [1.29, 1.82) is 0 Å². The minimum absolute atomic E-state index is 0.279. The lowest BCUT2D eigenvalue weighted by atomic mass is 10.2. The Morgan fingerprint density at radius 3 is 2.17 bits per heavy atom. The molecule has 0 aliphatic carbocycles. The summed E-state index contributed by atoms with van der Waals surface area (Å²) in [4.78, 5) is 0. The lowest BCUT2D eigenvalue weighted by molar-refractivity contribution is 0.471. The number of aryl methyl sites for hydroxylation is 2. The summed E-state index contributed by atoms with van der Waals surface area (Å²) in [7, 11) is 0. The molecule has 3 nitrogen and oxygen atoms in total. The fourth-order valence-corrected chi connectivity index (χ4v) is 1.62. The Hall–Kier alpha value is -2.16. The molecule has 0 aliphatic rings. The van der Waals surface area contributed by atoms with Gasteiger partial charge in [-0.2, -0.15) is 10.2 Å². The molecule has 92 valence electrons. The third-order valence-corrected chi connectivity index (χ3v) is 2.81. The molecule has 0 saturated heterocycles. The second-order valence-corrected chi connectivity index (χ2v) is 4.19. The van der Waals surface area contributed by atoms with E-state index in [2.05, 4.69) is 29.3 Å². The molecule has 0 fully saturated rings. The molecule has 0 radical (unpaired) electrons. The van der Waals surface area contributed by atoms with Crippen LogP contribution in [0.5, 0.6) is 5.75 Å². The molecule has 2 aromatic carbocycles. The molecule has 2 aromatic rings. The van der Waals surface area contributed by atoms with Gasteiger partial charge in [-0.1, -0.05) is 19.1 Å². The fourth-order valence-electron chi connectivity index (χ4n) is 1.62. The summed E-state index contributed by atoms with van der Waals surface area (Å²) in [5, 5.41) is 17.7. The van der Waals surface area contributed by atoms with E-state index in [1.54, 1.807) is 18.2 Å². The normalized spacial score (nSPS) is 11.0. The summed E-state index contributed by atoms with van der Waals surface area (Å²) in [5.74, 6) is 0.279. The van der Waals surface area contributed by atoms with Gasteiger partial charge in [-0.3, -0.25) is 0 Å². The number of hydrogen-bond donors (Lipinski definition) is 1. The lowest BCUT2D eigenvalue weighted by Gasteiger charge is -1.99. The number of phenols is 1. The lowest BCUT2D eigenvalue weighted by Crippen LogP contribution is -1.76. The molecule has 0 heterocycles.